The third-order valence-electron chi connectivity index (χ3n) is 4.85. The van der Waals surface area contributed by atoms with Crippen LogP contribution in [0.25, 0.3) is 11.4 Å². The van der Waals surface area contributed by atoms with E-state index < -0.39 is 0 Å². The second kappa shape index (κ2) is 6.94. The van der Waals surface area contributed by atoms with Crippen molar-refractivity contribution in [2.75, 3.05) is 13.1 Å². The SMILES string of the molecule is Cn1nccc1-c1cc(CC2CCN(C(=O)C(C)(C)C)CC2)ncn1. The highest BCUT2D eigenvalue weighted by atomic mass is 16.2. The third-order valence-corrected chi connectivity index (χ3v) is 4.85. The second-order valence-electron chi connectivity index (χ2n) is 7.92. The van der Waals surface area contributed by atoms with Crippen LogP contribution in [0.3, 0.4) is 0 Å². The average molecular weight is 341 g/mol. The molecule has 25 heavy (non-hydrogen) atoms. The maximum Gasteiger partial charge on any atom is 0.227 e. The van der Waals surface area contributed by atoms with Crippen LogP contribution in [0.2, 0.25) is 0 Å². The Kier molecular flexibility index (Phi) is 4.88. The molecule has 0 bridgehead atoms. The summed E-state index contributed by atoms with van der Waals surface area (Å²) < 4.78 is 1.82. The Labute approximate surface area is 149 Å². The molecule has 1 aliphatic rings. The fourth-order valence-electron chi connectivity index (χ4n) is 3.38. The van der Waals surface area contributed by atoms with E-state index in [0.717, 1.165) is 49.4 Å². The number of piperidine rings is 1. The van der Waals surface area contributed by atoms with Gasteiger partial charge in [-0.3, -0.25) is 9.48 Å². The zero-order valence-electron chi connectivity index (χ0n) is 15.6. The largest absolute Gasteiger partial charge is 0.342 e. The van der Waals surface area contributed by atoms with E-state index in [1.807, 2.05) is 43.5 Å². The lowest BCUT2D eigenvalue weighted by Crippen LogP contribution is -2.44. The molecule has 0 atom stereocenters. The summed E-state index contributed by atoms with van der Waals surface area (Å²) in [4.78, 5) is 23.2. The minimum Gasteiger partial charge on any atom is -0.342 e. The molecule has 0 aliphatic carbocycles. The fraction of sp³-hybridized carbons (Fsp3) is 0.579. The number of amides is 1. The van der Waals surface area contributed by atoms with E-state index in [4.69, 9.17) is 0 Å². The zero-order valence-corrected chi connectivity index (χ0v) is 15.6. The number of carbonyl (C=O) groups excluding carboxylic acids is 1. The normalized spacial score (nSPS) is 16.2. The van der Waals surface area contributed by atoms with Gasteiger partial charge in [0, 0.05) is 37.4 Å². The first-order chi connectivity index (χ1) is 11.8. The maximum atomic E-state index is 12.4. The van der Waals surface area contributed by atoms with Crippen molar-refractivity contribution < 1.29 is 4.79 Å². The van der Waals surface area contributed by atoms with Crippen molar-refractivity contribution in [1.29, 1.82) is 0 Å². The summed E-state index contributed by atoms with van der Waals surface area (Å²) in [6.07, 6.45) is 6.42. The second-order valence-corrected chi connectivity index (χ2v) is 7.92. The highest BCUT2D eigenvalue weighted by Crippen LogP contribution is 2.26. The minimum absolute atomic E-state index is 0.256. The molecule has 3 heterocycles. The predicted octanol–water partition coefficient (Wildman–Crippen LogP) is 2.70. The van der Waals surface area contributed by atoms with Crippen LogP contribution in [0.4, 0.5) is 0 Å². The van der Waals surface area contributed by atoms with Crippen molar-refractivity contribution in [3.05, 3.63) is 30.4 Å². The highest BCUT2D eigenvalue weighted by Gasteiger charge is 2.30. The molecule has 0 unspecified atom stereocenters. The zero-order chi connectivity index (χ0) is 18.0. The minimum atomic E-state index is -0.294. The summed E-state index contributed by atoms with van der Waals surface area (Å²) >= 11 is 0. The molecular formula is C19H27N5O. The topological polar surface area (TPSA) is 63.9 Å². The van der Waals surface area contributed by atoms with Crippen LogP contribution >= 0.6 is 0 Å². The lowest BCUT2D eigenvalue weighted by atomic mass is 9.89. The van der Waals surface area contributed by atoms with Gasteiger partial charge >= 0.3 is 0 Å². The van der Waals surface area contributed by atoms with E-state index in [1.54, 1.807) is 12.5 Å². The summed E-state index contributed by atoms with van der Waals surface area (Å²) in [5.74, 6) is 0.824. The molecule has 0 N–H and O–H groups in total. The monoisotopic (exact) mass is 341 g/mol. The molecule has 3 rings (SSSR count). The summed E-state index contributed by atoms with van der Waals surface area (Å²) in [6.45, 7) is 7.66. The summed E-state index contributed by atoms with van der Waals surface area (Å²) in [6, 6.07) is 4.02. The third kappa shape index (κ3) is 4.06. The molecule has 0 spiro atoms. The molecule has 1 amide bonds. The van der Waals surface area contributed by atoms with E-state index >= 15 is 0 Å². The van der Waals surface area contributed by atoms with Crippen molar-refractivity contribution in [3.63, 3.8) is 0 Å². The van der Waals surface area contributed by atoms with Crippen LogP contribution in [0.5, 0.6) is 0 Å². The first-order valence-electron chi connectivity index (χ1n) is 8.93. The van der Waals surface area contributed by atoms with Gasteiger partial charge in [0.2, 0.25) is 5.91 Å². The van der Waals surface area contributed by atoms with Crippen LogP contribution in [0.15, 0.2) is 24.7 Å². The standard InChI is InChI=1S/C19H27N5O/c1-19(2,3)18(25)24-9-6-14(7-10-24)11-15-12-16(21-13-20-15)17-5-8-22-23(17)4/h5,8,12-14H,6-7,9-11H2,1-4H3. The average Bonchev–Trinajstić information content (AvgIpc) is 3.00. The molecule has 0 saturated carbocycles. The van der Waals surface area contributed by atoms with E-state index in [1.165, 1.54) is 0 Å². The van der Waals surface area contributed by atoms with E-state index in [2.05, 4.69) is 21.1 Å². The van der Waals surface area contributed by atoms with Crippen LogP contribution in [0, 0.1) is 11.3 Å². The summed E-state index contributed by atoms with van der Waals surface area (Å²) in [5, 5.41) is 4.20. The first kappa shape index (κ1) is 17.6. The van der Waals surface area contributed by atoms with Gasteiger partial charge in [0.15, 0.2) is 0 Å². The number of aryl methyl sites for hydroxylation is 1. The summed E-state index contributed by atoms with van der Waals surface area (Å²) in [5.41, 5.74) is 2.67. The van der Waals surface area contributed by atoms with Crippen molar-refractivity contribution in [2.24, 2.45) is 18.4 Å². The number of aromatic nitrogens is 4. The van der Waals surface area contributed by atoms with Gasteiger partial charge in [-0.05, 0) is 37.3 Å². The number of nitrogens with zero attached hydrogens (tertiary/aromatic N) is 5. The van der Waals surface area contributed by atoms with E-state index in [-0.39, 0.29) is 11.3 Å². The van der Waals surface area contributed by atoms with Crippen LogP contribution in [-0.4, -0.2) is 43.6 Å². The highest BCUT2D eigenvalue weighted by molar-refractivity contribution is 5.81. The quantitative estimate of drug-likeness (QED) is 0.861. The molecule has 2 aromatic heterocycles. The molecule has 134 valence electrons. The Balaban J connectivity index is 1.61. The molecule has 1 fully saturated rings. The Morgan fingerprint density at radius 1 is 1.24 bits per heavy atom. The van der Waals surface area contributed by atoms with Gasteiger partial charge < -0.3 is 4.90 Å². The van der Waals surface area contributed by atoms with E-state index in [9.17, 15) is 4.79 Å². The number of rotatable bonds is 3. The van der Waals surface area contributed by atoms with Gasteiger partial charge in [-0.1, -0.05) is 20.8 Å². The van der Waals surface area contributed by atoms with Crippen molar-refractivity contribution >= 4 is 5.91 Å². The van der Waals surface area contributed by atoms with E-state index in [0.29, 0.717) is 5.92 Å². The van der Waals surface area contributed by atoms with Crippen molar-refractivity contribution in [2.45, 2.75) is 40.0 Å². The van der Waals surface area contributed by atoms with Crippen LogP contribution in [0.1, 0.15) is 39.3 Å². The van der Waals surface area contributed by atoms with Crippen LogP contribution in [-0.2, 0) is 18.3 Å². The van der Waals surface area contributed by atoms with Gasteiger partial charge in [-0.25, -0.2) is 9.97 Å². The molecule has 1 aliphatic heterocycles. The molecule has 0 radical (unpaired) electrons. The summed E-state index contributed by atoms with van der Waals surface area (Å²) in [7, 11) is 1.92. The van der Waals surface area contributed by atoms with Gasteiger partial charge in [0.05, 0.1) is 11.4 Å². The van der Waals surface area contributed by atoms with Crippen molar-refractivity contribution in [3.8, 4) is 11.4 Å². The fourth-order valence-corrected chi connectivity index (χ4v) is 3.38. The molecule has 0 aromatic carbocycles. The Morgan fingerprint density at radius 3 is 2.56 bits per heavy atom. The van der Waals surface area contributed by atoms with Crippen molar-refractivity contribution in [1.82, 2.24) is 24.6 Å². The smallest absolute Gasteiger partial charge is 0.227 e. The van der Waals surface area contributed by atoms with Gasteiger partial charge in [0.1, 0.15) is 6.33 Å². The van der Waals surface area contributed by atoms with Gasteiger partial charge in [-0.15, -0.1) is 0 Å². The Morgan fingerprint density at radius 2 is 1.96 bits per heavy atom. The number of carbonyl (C=O) groups is 1. The Hall–Kier alpha value is -2.24. The predicted molar refractivity (Wildman–Crippen MR) is 96.7 cm³/mol. The van der Waals surface area contributed by atoms with Gasteiger partial charge in [-0.2, -0.15) is 5.10 Å². The number of hydrogen-bond acceptors (Lipinski definition) is 4. The first-order valence-corrected chi connectivity index (χ1v) is 8.93. The lowest BCUT2D eigenvalue weighted by Gasteiger charge is -2.35. The molecule has 2 aromatic rings. The Bertz CT molecular complexity index is 738. The molecular weight excluding hydrogens is 314 g/mol. The number of likely N-dealkylation sites (tertiary alicyclic amines) is 1. The molecule has 6 heteroatoms. The molecule has 6 nitrogen and oxygen atoms in total. The van der Waals surface area contributed by atoms with Gasteiger partial charge in [0.25, 0.3) is 0 Å². The maximum absolute atomic E-state index is 12.4. The van der Waals surface area contributed by atoms with Crippen LogP contribution < -0.4 is 0 Å². The molecule has 1 saturated heterocycles. The number of hydrogen-bond donors (Lipinski definition) is 0. The lowest BCUT2D eigenvalue weighted by molar-refractivity contribution is -0.140.